The van der Waals surface area contributed by atoms with E-state index in [9.17, 15) is 4.79 Å². The van der Waals surface area contributed by atoms with Gasteiger partial charge >= 0.3 is 0 Å². The highest BCUT2D eigenvalue weighted by Crippen LogP contribution is 2.32. The Morgan fingerprint density at radius 1 is 0.917 bits per heavy atom. The monoisotopic (exact) mass is 475 g/mol. The number of rotatable bonds is 5. The van der Waals surface area contributed by atoms with Gasteiger partial charge in [0.2, 0.25) is 5.91 Å². The van der Waals surface area contributed by atoms with Crippen LogP contribution in [0.15, 0.2) is 67.6 Å². The van der Waals surface area contributed by atoms with Crippen molar-refractivity contribution in [1.29, 1.82) is 0 Å². The predicted molar refractivity (Wildman–Crippen MR) is 137 cm³/mol. The quantitative estimate of drug-likeness (QED) is 0.331. The average molecular weight is 476 g/mol. The number of pyridine rings is 4. The Morgan fingerprint density at radius 3 is 2.58 bits per heavy atom. The van der Waals surface area contributed by atoms with E-state index in [1.54, 1.807) is 43.4 Å². The van der Waals surface area contributed by atoms with Crippen LogP contribution >= 0.6 is 0 Å². The van der Waals surface area contributed by atoms with E-state index < -0.39 is 0 Å². The van der Waals surface area contributed by atoms with Crippen LogP contribution in [0.3, 0.4) is 0 Å². The van der Waals surface area contributed by atoms with Crippen molar-refractivity contribution in [2.45, 2.75) is 13.8 Å². The number of nitrogens with zero attached hydrogens (tertiary/aromatic N) is 6. The summed E-state index contributed by atoms with van der Waals surface area (Å²) in [5.41, 5.74) is 7.04. The van der Waals surface area contributed by atoms with Crippen LogP contribution in [0.25, 0.3) is 55.8 Å². The van der Waals surface area contributed by atoms with E-state index in [1.165, 1.54) is 0 Å². The Labute approximate surface area is 205 Å². The zero-order chi connectivity index (χ0) is 24.6. The van der Waals surface area contributed by atoms with Gasteiger partial charge in [-0.25, -0.2) is 4.98 Å². The van der Waals surface area contributed by atoms with Crippen molar-refractivity contribution in [1.82, 2.24) is 40.1 Å². The van der Waals surface area contributed by atoms with Crippen molar-refractivity contribution in [2.24, 2.45) is 5.92 Å². The molecular formula is C26H21N9O. The van der Waals surface area contributed by atoms with Gasteiger partial charge in [-0.2, -0.15) is 5.10 Å². The zero-order valence-corrected chi connectivity index (χ0v) is 19.5. The minimum Gasteiger partial charge on any atom is -0.335 e. The molecule has 1 amide bonds. The van der Waals surface area contributed by atoms with Gasteiger partial charge in [0.15, 0.2) is 5.82 Å². The van der Waals surface area contributed by atoms with Gasteiger partial charge in [0.25, 0.3) is 0 Å². The number of aromatic nitrogens is 8. The molecule has 10 heteroatoms. The Kier molecular flexibility index (Phi) is 5.18. The van der Waals surface area contributed by atoms with E-state index in [0.717, 1.165) is 38.6 Å². The summed E-state index contributed by atoms with van der Waals surface area (Å²) < 4.78 is 0. The van der Waals surface area contributed by atoms with Crippen molar-refractivity contribution in [2.75, 3.05) is 5.32 Å². The molecule has 0 aliphatic rings. The molecule has 0 saturated heterocycles. The van der Waals surface area contributed by atoms with Gasteiger partial charge in [-0.15, -0.1) is 0 Å². The van der Waals surface area contributed by atoms with Crippen LogP contribution in [0.2, 0.25) is 0 Å². The fourth-order valence-electron chi connectivity index (χ4n) is 3.98. The fraction of sp³-hybridized carbons (Fsp3) is 0.115. The van der Waals surface area contributed by atoms with E-state index in [2.05, 4.69) is 40.4 Å². The summed E-state index contributed by atoms with van der Waals surface area (Å²) >= 11 is 0. The van der Waals surface area contributed by atoms with E-state index >= 15 is 0 Å². The Bertz CT molecular complexity index is 1720. The number of amides is 1. The summed E-state index contributed by atoms with van der Waals surface area (Å²) in [5, 5.41) is 11.3. The van der Waals surface area contributed by atoms with E-state index in [-0.39, 0.29) is 11.8 Å². The number of anilines is 1. The summed E-state index contributed by atoms with van der Waals surface area (Å²) in [6.07, 6.45) is 12.1. The maximum absolute atomic E-state index is 12.1. The summed E-state index contributed by atoms with van der Waals surface area (Å²) in [7, 11) is 0. The van der Waals surface area contributed by atoms with Crippen molar-refractivity contribution < 1.29 is 4.79 Å². The van der Waals surface area contributed by atoms with Gasteiger partial charge in [0.05, 0.1) is 46.5 Å². The zero-order valence-electron chi connectivity index (χ0n) is 19.5. The van der Waals surface area contributed by atoms with E-state index in [1.807, 2.05) is 38.1 Å². The molecule has 6 aromatic heterocycles. The third-order valence-corrected chi connectivity index (χ3v) is 5.88. The maximum atomic E-state index is 12.1. The fourth-order valence-corrected chi connectivity index (χ4v) is 3.98. The summed E-state index contributed by atoms with van der Waals surface area (Å²) in [6, 6.07) is 7.65. The molecule has 176 valence electrons. The number of aromatic amines is 2. The van der Waals surface area contributed by atoms with Gasteiger partial charge in [-0.1, -0.05) is 13.8 Å². The first-order valence-electron chi connectivity index (χ1n) is 11.4. The third kappa shape index (κ3) is 3.84. The van der Waals surface area contributed by atoms with E-state index in [0.29, 0.717) is 22.9 Å². The largest absolute Gasteiger partial charge is 0.335 e. The molecule has 0 aliphatic carbocycles. The summed E-state index contributed by atoms with van der Waals surface area (Å²) in [6.45, 7) is 3.69. The molecule has 6 heterocycles. The molecule has 0 saturated carbocycles. The first-order valence-corrected chi connectivity index (χ1v) is 11.4. The minimum absolute atomic E-state index is 0.0695. The van der Waals surface area contributed by atoms with Gasteiger partial charge in [0.1, 0.15) is 5.69 Å². The normalized spacial score (nSPS) is 11.4. The molecule has 0 unspecified atom stereocenters. The SMILES string of the molecule is CC(C)C(=O)Nc1cncc(-c2cc3c(-c4nc5c(-c6ccncc6)cncc5[nH]4)n[nH]c3cn2)c1. The Hall–Kier alpha value is -4.99. The van der Waals surface area contributed by atoms with Crippen molar-refractivity contribution in [3.8, 4) is 33.9 Å². The van der Waals surface area contributed by atoms with Crippen LogP contribution in [0, 0.1) is 5.92 Å². The van der Waals surface area contributed by atoms with Crippen LogP contribution in [0.5, 0.6) is 0 Å². The molecule has 0 aromatic carbocycles. The molecule has 0 fully saturated rings. The predicted octanol–water partition coefficient (Wildman–Crippen LogP) is 4.61. The number of hydrogen-bond donors (Lipinski definition) is 3. The molecule has 0 aliphatic heterocycles. The van der Waals surface area contributed by atoms with Crippen molar-refractivity contribution >= 4 is 33.5 Å². The smallest absolute Gasteiger partial charge is 0.226 e. The standard InChI is InChI=1S/C26H21N9O/c1-14(2)26(36)31-17-7-16(9-28-10-17)20-8-18-21(13-30-20)34-35-24(18)25-32-22-12-29-11-19(23(22)33-25)15-3-5-27-6-4-15/h3-14H,1-2H3,(H,31,36)(H,32,33)(H,34,35). The van der Waals surface area contributed by atoms with Crippen LogP contribution in [0.4, 0.5) is 5.69 Å². The van der Waals surface area contributed by atoms with Crippen molar-refractivity contribution in [3.63, 3.8) is 0 Å². The second-order valence-corrected chi connectivity index (χ2v) is 8.70. The number of imidazole rings is 1. The highest BCUT2D eigenvalue weighted by molar-refractivity contribution is 5.97. The maximum Gasteiger partial charge on any atom is 0.226 e. The number of H-pyrrole nitrogens is 2. The van der Waals surface area contributed by atoms with Gasteiger partial charge < -0.3 is 10.3 Å². The van der Waals surface area contributed by atoms with Gasteiger partial charge in [-0.3, -0.25) is 29.8 Å². The second kappa shape index (κ2) is 8.66. The highest BCUT2D eigenvalue weighted by atomic mass is 16.1. The molecule has 6 rings (SSSR count). The molecule has 6 aromatic rings. The van der Waals surface area contributed by atoms with Gasteiger partial charge in [-0.05, 0) is 29.8 Å². The van der Waals surface area contributed by atoms with Crippen LogP contribution in [-0.4, -0.2) is 46.0 Å². The lowest BCUT2D eigenvalue weighted by Gasteiger charge is -2.08. The van der Waals surface area contributed by atoms with Gasteiger partial charge in [0, 0.05) is 47.2 Å². The molecule has 0 radical (unpaired) electrons. The Morgan fingerprint density at radius 2 is 1.75 bits per heavy atom. The minimum atomic E-state index is -0.130. The van der Waals surface area contributed by atoms with Crippen LogP contribution in [-0.2, 0) is 4.79 Å². The number of carbonyl (C=O) groups is 1. The third-order valence-electron chi connectivity index (χ3n) is 5.88. The highest BCUT2D eigenvalue weighted by Gasteiger charge is 2.17. The number of carbonyl (C=O) groups excluding carboxylic acids is 1. The topological polar surface area (TPSA) is 138 Å². The Balaban J connectivity index is 1.41. The summed E-state index contributed by atoms with van der Waals surface area (Å²) in [5.74, 6) is 0.419. The first-order chi connectivity index (χ1) is 17.6. The van der Waals surface area contributed by atoms with Crippen molar-refractivity contribution in [3.05, 3.63) is 67.6 Å². The van der Waals surface area contributed by atoms with Crippen LogP contribution in [0.1, 0.15) is 13.8 Å². The average Bonchev–Trinajstić information content (AvgIpc) is 3.53. The molecule has 36 heavy (non-hydrogen) atoms. The van der Waals surface area contributed by atoms with E-state index in [4.69, 9.17) is 4.98 Å². The summed E-state index contributed by atoms with van der Waals surface area (Å²) in [4.78, 5) is 37.6. The molecule has 0 bridgehead atoms. The lowest BCUT2D eigenvalue weighted by molar-refractivity contribution is -0.118. The van der Waals surface area contributed by atoms with Crippen LogP contribution < -0.4 is 5.32 Å². The molecular weight excluding hydrogens is 454 g/mol. The lowest BCUT2D eigenvalue weighted by Crippen LogP contribution is -2.17. The lowest BCUT2D eigenvalue weighted by atomic mass is 10.1. The second-order valence-electron chi connectivity index (χ2n) is 8.70. The number of fused-ring (bicyclic) bond motifs is 2. The molecule has 0 atom stereocenters. The number of nitrogens with one attached hydrogen (secondary N) is 3. The molecule has 3 N–H and O–H groups in total. The number of hydrogen-bond acceptors (Lipinski definition) is 7. The first kappa shape index (κ1) is 21.5. The molecule has 10 nitrogen and oxygen atoms in total. The molecule has 0 spiro atoms.